The molecule has 0 aliphatic rings. The molecule has 1 aromatic rings. The Labute approximate surface area is 96.7 Å². The Morgan fingerprint density at radius 3 is 2.62 bits per heavy atom. The minimum atomic E-state index is 0.686. The zero-order valence-corrected chi connectivity index (χ0v) is 9.95. The molecule has 1 rings (SSSR count). The van der Waals surface area contributed by atoms with Crippen LogP contribution in [0.25, 0.3) is 0 Å². The van der Waals surface area contributed by atoms with Crippen molar-refractivity contribution < 1.29 is 9.47 Å². The predicted octanol–water partition coefficient (Wildman–Crippen LogP) is 1.52. The fourth-order valence-corrected chi connectivity index (χ4v) is 1.44. The topological polar surface area (TPSA) is 56.5 Å². The molecular formula is C12H20N2O2. The Hall–Kier alpha value is -1.26. The standard InChI is InChI=1S/C12H20N2O2/c1-15-7-5-10-9-11(3-4-12(10)13)14-6-8-16-2/h3-4,9,14H,5-8,13H2,1-2H3. The van der Waals surface area contributed by atoms with Crippen molar-refractivity contribution >= 4 is 11.4 Å². The lowest BCUT2D eigenvalue weighted by Gasteiger charge is -2.10. The summed E-state index contributed by atoms with van der Waals surface area (Å²) in [6.45, 7) is 2.17. The molecule has 0 aliphatic carbocycles. The summed E-state index contributed by atoms with van der Waals surface area (Å²) in [5.74, 6) is 0. The van der Waals surface area contributed by atoms with Crippen molar-refractivity contribution in [1.29, 1.82) is 0 Å². The van der Waals surface area contributed by atoms with Crippen molar-refractivity contribution in [3.05, 3.63) is 23.8 Å². The van der Waals surface area contributed by atoms with E-state index in [0.717, 1.165) is 29.9 Å². The van der Waals surface area contributed by atoms with Crippen LogP contribution in [0.4, 0.5) is 11.4 Å². The van der Waals surface area contributed by atoms with Crippen molar-refractivity contribution in [2.45, 2.75) is 6.42 Å². The van der Waals surface area contributed by atoms with Gasteiger partial charge in [-0.1, -0.05) is 0 Å². The molecule has 16 heavy (non-hydrogen) atoms. The van der Waals surface area contributed by atoms with Crippen LogP contribution in [0.1, 0.15) is 5.56 Å². The highest BCUT2D eigenvalue weighted by molar-refractivity contribution is 5.57. The molecule has 0 aromatic heterocycles. The summed E-state index contributed by atoms with van der Waals surface area (Å²) in [5, 5.41) is 3.27. The monoisotopic (exact) mass is 224 g/mol. The van der Waals surface area contributed by atoms with Gasteiger partial charge in [-0.25, -0.2) is 0 Å². The molecule has 1 aromatic carbocycles. The fraction of sp³-hybridized carbons (Fsp3) is 0.500. The van der Waals surface area contributed by atoms with Crippen LogP contribution in [0.3, 0.4) is 0 Å². The second kappa shape index (κ2) is 7.09. The molecule has 4 heteroatoms. The van der Waals surface area contributed by atoms with Crippen LogP contribution in [0.15, 0.2) is 18.2 Å². The van der Waals surface area contributed by atoms with E-state index in [1.165, 1.54) is 0 Å². The summed E-state index contributed by atoms with van der Waals surface area (Å²) < 4.78 is 10.0. The maximum absolute atomic E-state index is 5.88. The van der Waals surface area contributed by atoms with Gasteiger partial charge in [0.05, 0.1) is 13.2 Å². The predicted molar refractivity (Wildman–Crippen MR) is 66.8 cm³/mol. The number of nitrogen functional groups attached to an aromatic ring is 1. The highest BCUT2D eigenvalue weighted by atomic mass is 16.5. The number of rotatable bonds is 7. The molecule has 0 saturated carbocycles. The quantitative estimate of drug-likeness (QED) is 0.544. The van der Waals surface area contributed by atoms with Gasteiger partial charge in [0.2, 0.25) is 0 Å². The molecule has 0 saturated heterocycles. The number of nitrogens with one attached hydrogen (secondary N) is 1. The first-order valence-electron chi connectivity index (χ1n) is 5.38. The van der Waals surface area contributed by atoms with E-state index in [4.69, 9.17) is 15.2 Å². The highest BCUT2D eigenvalue weighted by Crippen LogP contribution is 2.18. The lowest BCUT2D eigenvalue weighted by Crippen LogP contribution is -2.08. The van der Waals surface area contributed by atoms with Gasteiger partial charge in [-0.2, -0.15) is 0 Å². The van der Waals surface area contributed by atoms with E-state index < -0.39 is 0 Å². The summed E-state index contributed by atoms with van der Waals surface area (Å²) in [6.07, 6.45) is 0.835. The van der Waals surface area contributed by atoms with Crippen molar-refractivity contribution in [3.8, 4) is 0 Å². The molecule has 0 amide bonds. The average molecular weight is 224 g/mol. The third kappa shape index (κ3) is 4.08. The fourth-order valence-electron chi connectivity index (χ4n) is 1.44. The third-order valence-corrected chi connectivity index (χ3v) is 2.35. The van der Waals surface area contributed by atoms with Gasteiger partial charge in [-0.15, -0.1) is 0 Å². The van der Waals surface area contributed by atoms with Gasteiger partial charge in [0, 0.05) is 32.1 Å². The summed E-state index contributed by atoms with van der Waals surface area (Å²) in [6, 6.07) is 5.95. The Morgan fingerprint density at radius 2 is 1.94 bits per heavy atom. The Kier molecular flexibility index (Phi) is 5.67. The van der Waals surface area contributed by atoms with E-state index in [-0.39, 0.29) is 0 Å². The molecular weight excluding hydrogens is 204 g/mol. The molecule has 0 unspecified atom stereocenters. The molecule has 4 nitrogen and oxygen atoms in total. The SMILES string of the molecule is COCCNc1ccc(N)c(CCOC)c1. The van der Waals surface area contributed by atoms with Crippen LogP contribution in [0, 0.1) is 0 Å². The van der Waals surface area contributed by atoms with Crippen molar-refractivity contribution in [2.24, 2.45) is 0 Å². The van der Waals surface area contributed by atoms with E-state index in [2.05, 4.69) is 11.4 Å². The third-order valence-electron chi connectivity index (χ3n) is 2.35. The zero-order chi connectivity index (χ0) is 11.8. The Balaban J connectivity index is 2.58. The molecule has 0 fully saturated rings. The number of ether oxygens (including phenoxy) is 2. The molecule has 3 N–H and O–H groups in total. The summed E-state index contributed by atoms with van der Waals surface area (Å²) >= 11 is 0. The molecule has 0 heterocycles. The number of hydrogen-bond donors (Lipinski definition) is 2. The minimum Gasteiger partial charge on any atom is -0.399 e. The van der Waals surface area contributed by atoms with Gasteiger partial charge >= 0.3 is 0 Å². The summed E-state index contributed by atoms with van der Waals surface area (Å²) in [4.78, 5) is 0. The molecule has 0 aliphatic heterocycles. The van der Waals surface area contributed by atoms with Gasteiger partial charge in [0.25, 0.3) is 0 Å². The lowest BCUT2D eigenvalue weighted by atomic mass is 10.1. The van der Waals surface area contributed by atoms with Crippen molar-refractivity contribution in [2.75, 3.05) is 45.0 Å². The van der Waals surface area contributed by atoms with Crippen molar-refractivity contribution in [1.82, 2.24) is 0 Å². The van der Waals surface area contributed by atoms with E-state index in [1.807, 2.05) is 12.1 Å². The highest BCUT2D eigenvalue weighted by Gasteiger charge is 2.00. The van der Waals surface area contributed by atoms with Gasteiger partial charge < -0.3 is 20.5 Å². The number of hydrogen-bond acceptors (Lipinski definition) is 4. The van der Waals surface area contributed by atoms with Gasteiger partial charge in [-0.05, 0) is 30.2 Å². The van der Waals surface area contributed by atoms with Gasteiger partial charge in [0.15, 0.2) is 0 Å². The van der Waals surface area contributed by atoms with Gasteiger partial charge in [-0.3, -0.25) is 0 Å². The smallest absolute Gasteiger partial charge is 0.0635 e. The lowest BCUT2D eigenvalue weighted by molar-refractivity contribution is 0.202. The molecule has 0 spiro atoms. The molecule has 0 radical (unpaired) electrons. The van der Waals surface area contributed by atoms with Crippen LogP contribution in [0.2, 0.25) is 0 Å². The van der Waals surface area contributed by atoms with Crippen molar-refractivity contribution in [3.63, 3.8) is 0 Å². The second-order valence-electron chi connectivity index (χ2n) is 3.58. The number of nitrogens with two attached hydrogens (primary N) is 1. The largest absolute Gasteiger partial charge is 0.399 e. The van der Waals surface area contributed by atoms with Crippen LogP contribution in [-0.4, -0.2) is 34.0 Å². The Morgan fingerprint density at radius 1 is 1.19 bits per heavy atom. The number of benzene rings is 1. The Bertz CT molecular complexity index is 316. The van der Waals surface area contributed by atoms with E-state index >= 15 is 0 Å². The van der Waals surface area contributed by atoms with Crippen LogP contribution in [0.5, 0.6) is 0 Å². The maximum atomic E-state index is 5.88. The molecule has 0 atom stereocenters. The average Bonchev–Trinajstić information content (AvgIpc) is 2.30. The normalized spacial score (nSPS) is 10.4. The maximum Gasteiger partial charge on any atom is 0.0635 e. The molecule has 0 bridgehead atoms. The minimum absolute atomic E-state index is 0.686. The van der Waals surface area contributed by atoms with E-state index in [0.29, 0.717) is 13.2 Å². The second-order valence-corrected chi connectivity index (χ2v) is 3.58. The first-order chi connectivity index (χ1) is 7.77. The zero-order valence-electron chi connectivity index (χ0n) is 9.95. The van der Waals surface area contributed by atoms with E-state index in [1.54, 1.807) is 14.2 Å². The van der Waals surface area contributed by atoms with E-state index in [9.17, 15) is 0 Å². The number of anilines is 2. The van der Waals surface area contributed by atoms with Crippen LogP contribution < -0.4 is 11.1 Å². The van der Waals surface area contributed by atoms with Gasteiger partial charge in [0.1, 0.15) is 0 Å². The summed E-state index contributed by atoms with van der Waals surface area (Å²) in [5.41, 5.74) is 8.87. The number of methoxy groups -OCH3 is 2. The summed E-state index contributed by atoms with van der Waals surface area (Å²) in [7, 11) is 3.38. The van der Waals surface area contributed by atoms with Crippen LogP contribution in [-0.2, 0) is 15.9 Å². The first kappa shape index (κ1) is 12.8. The first-order valence-corrected chi connectivity index (χ1v) is 5.38. The molecule has 90 valence electrons. The van der Waals surface area contributed by atoms with Crippen LogP contribution >= 0.6 is 0 Å².